The quantitative estimate of drug-likeness (QED) is 0.641. The van der Waals surface area contributed by atoms with Gasteiger partial charge in [-0.05, 0) is 18.2 Å². The second kappa shape index (κ2) is 7.40. The van der Waals surface area contributed by atoms with Gasteiger partial charge in [0.2, 0.25) is 11.8 Å². The highest BCUT2D eigenvalue weighted by Gasteiger charge is 2.35. The predicted octanol–water partition coefficient (Wildman–Crippen LogP) is 2.73. The Morgan fingerprint density at radius 2 is 2.11 bits per heavy atom. The summed E-state index contributed by atoms with van der Waals surface area (Å²) in [5.41, 5.74) is -0.0372. The standard InChI is InChI=1S/C18H16FN3O5/c1-27-14-4-2-3-12(8-14)21-10-11(7-17(21)23)18(24)20-16-9-13(22(25)26)5-6-15(16)19/h2-6,8-9,11H,7,10H2,1H3,(H,20,24). The molecule has 27 heavy (non-hydrogen) atoms. The summed E-state index contributed by atoms with van der Waals surface area (Å²) in [7, 11) is 1.51. The van der Waals surface area contributed by atoms with Crippen molar-refractivity contribution in [1.29, 1.82) is 0 Å². The zero-order chi connectivity index (χ0) is 19.6. The van der Waals surface area contributed by atoms with Gasteiger partial charge in [0, 0.05) is 36.9 Å². The summed E-state index contributed by atoms with van der Waals surface area (Å²) in [6.45, 7) is 0.119. The molecule has 0 spiro atoms. The number of amides is 2. The van der Waals surface area contributed by atoms with Crippen molar-refractivity contribution in [3.05, 3.63) is 58.4 Å². The van der Waals surface area contributed by atoms with Crippen molar-refractivity contribution in [2.75, 3.05) is 23.9 Å². The molecule has 2 amide bonds. The molecule has 140 valence electrons. The highest BCUT2D eigenvalue weighted by Crippen LogP contribution is 2.29. The number of non-ortho nitro benzene ring substituents is 1. The molecule has 2 aromatic carbocycles. The van der Waals surface area contributed by atoms with Crippen LogP contribution in [-0.4, -0.2) is 30.4 Å². The predicted molar refractivity (Wildman–Crippen MR) is 95.1 cm³/mol. The lowest BCUT2D eigenvalue weighted by atomic mass is 10.1. The zero-order valence-electron chi connectivity index (χ0n) is 14.3. The maximum absolute atomic E-state index is 13.9. The number of hydrogen-bond donors (Lipinski definition) is 1. The first-order valence-corrected chi connectivity index (χ1v) is 8.08. The maximum Gasteiger partial charge on any atom is 0.271 e. The van der Waals surface area contributed by atoms with E-state index in [0.717, 1.165) is 18.2 Å². The number of methoxy groups -OCH3 is 1. The van der Waals surface area contributed by atoms with Crippen LogP contribution in [0.25, 0.3) is 0 Å². The van der Waals surface area contributed by atoms with E-state index >= 15 is 0 Å². The van der Waals surface area contributed by atoms with Crippen molar-refractivity contribution in [1.82, 2.24) is 0 Å². The largest absolute Gasteiger partial charge is 0.497 e. The average Bonchev–Trinajstić information content (AvgIpc) is 3.05. The van der Waals surface area contributed by atoms with E-state index < -0.39 is 22.6 Å². The van der Waals surface area contributed by atoms with Crippen molar-refractivity contribution in [3.63, 3.8) is 0 Å². The molecule has 1 unspecified atom stereocenters. The summed E-state index contributed by atoms with van der Waals surface area (Å²) in [6.07, 6.45) is -0.0421. The molecule has 3 rings (SSSR count). The van der Waals surface area contributed by atoms with Gasteiger partial charge in [0.15, 0.2) is 0 Å². The zero-order valence-corrected chi connectivity index (χ0v) is 14.3. The van der Waals surface area contributed by atoms with E-state index in [1.807, 2.05) is 0 Å². The van der Waals surface area contributed by atoms with Crippen LogP contribution < -0.4 is 15.0 Å². The van der Waals surface area contributed by atoms with Crippen LogP contribution in [0.3, 0.4) is 0 Å². The number of hydrogen-bond acceptors (Lipinski definition) is 5. The SMILES string of the molecule is COc1cccc(N2CC(C(=O)Nc3cc([N+](=O)[O-])ccc3F)CC2=O)c1. The summed E-state index contributed by atoms with van der Waals surface area (Å²) in [4.78, 5) is 36.3. The number of carbonyl (C=O) groups is 2. The topological polar surface area (TPSA) is 102 Å². The fraction of sp³-hybridized carbons (Fsp3) is 0.222. The second-order valence-corrected chi connectivity index (χ2v) is 6.02. The molecule has 1 atom stereocenters. The Morgan fingerprint density at radius 3 is 2.81 bits per heavy atom. The van der Waals surface area contributed by atoms with Gasteiger partial charge in [0.25, 0.3) is 5.69 Å². The molecule has 0 bridgehead atoms. The van der Waals surface area contributed by atoms with Crippen LogP contribution in [0.15, 0.2) is 42.5 Å². The minimum absolute atomic E-state index is 0.0421. The fourth-order valence-electron chi connectivity index (χ4n) is 2.87. The normalized spacial score (nSPS) is 16.3. The van der Waals surface area contributed by atoms with Crippen LogP contribution in [0.1, 0.15) is 6.42 Å². The third kappa shape index (κ3) is 3.86. The van der Waals surface area contributed by atoms with E-state index in [2.05, 4.69) is 5.32 Å². The van der Waals surface area contributed by atoms with Gasteiger partial charge in [-0.15, -0.1) is 0 Å². The number of rotatable bonds is 5. The third-order valence-electron chi connectivity index (χ3n) is 4.28. The maximum atomic E-state index is 13.9. The molecule has 0 aromatic heterocycles. The van der Waals surface area contributed by atoms with Crippen LogP contribution in [0.2, 0.25) is 0 Å². The summed E-state index contributed by atoms with van der Waals surface area (Å²) in [6, 6.07) is 9.74. The first kappa shape index (κ1) is 18.3. The number of benzene rings is 2. The first-order chi connectivity index (χ1) is 12.9. The van der Waals surface area contributed by atoms with Crippen LogP contribution >= 0.6 is 0 Å². The Labute approximate surface area is 153 Å². The molecule has 1 aliphatic rings. The van der Waals surface area contributed by atoms with E-state index in [-0.39, 0.29) is 30.2 Å². The summed E-state index contributed by atoms with van der Waals surface area (Å²) >= 11 is 0. The van der Waals surface area contributed by atoms with Gasteiger partial charge in [0.1, 0.15) is 11.6 Å². The minimum Gasteiger partial charge on any atom is -0.497 e. The van der Waals surface area contributed by atoms with E-state index in [1.54, 1.807) is 24.3 Å². The number of nitrogens with one attached hydrogen (secondary N) is 1. The molecular formula is C18H16FN3O5. The van der Waals surface area contributed by atoms with Crippen LogP contribution in [0.5, 0.6) is 5.75 Å². The molecule has 1 fully saturated rings. The van der Waals surface area contributed by atoms with Crippen molar-refractivity contribution < 1.29 is 23.6 Å². The van der Waals surface area contributed by atoms with Crippen molar-refractivity contribution in [2.24, 2.45) is 5.92 Å². The smallest absolute Gasteiger partial charge is 0.271 e. The molecule has 0 saturated carbocycles. The first-order valence-electron chi connectivity index (χ1n) is 8.08. The highest BCUT2D eigenvalue weighted by atomic mass is 19.1. The number of anilines is 2. The van der Waals surface area contributed by atoms with Crippen LogP contribution in [0, 0.1) is 21.8 Å². The Hall–Kier alpha value is -3.49. The molecule has 1 heterocycles. The molecule has 2 aromatic rings. The Balaban J connectivity index is 1.74. The Kier molecular flexibility index (Phi) is 5.02. The molecule has 8 nitrogen and oxygen atoms in total. The number of nitro benzene ring substituents is 1. The van der Waals surface area contributed by atoms with Gasteiger partial charge in [-0.1, -0.05) is 6.07 Å². The fourth-order valence-corrected chi connectivity index (χ4v) is 2.87. The van der Waals surface area contributed by atoms with E-state index in [0.29, 0.717) is 11.4 Å². The van der Waals surface area contributed by atoms with Gasteiger partial charge in [-0.2, -0.15) is 0 Å². The lowest BCUT2D eigenvalue weighted by Gasteiger charge is -2.17. The molecule has 0 radical (unpaired) electrons. The Morgan fingerprint density at radius 1 is 1.33 bits per heavy atom. The van der Waals surface area contributed by atoms with Gasteiger partial charge in [0.05, 0.1) is 23.6 Å². The van der Waals surface area contributed by atoms with Gasteiger partial charge in [-0.25, -0.2) is 4.39 Å². The van der Waals surface area contributed by atoms with E-state index in [4.69, 9.17) is 4.74 Å². The molecule has 1 saturated heterocycles. The molecule has 1 aliphatic heterocycles. The number of nitro groups is 1. The van der Waals surface area contributed by atoms with Crippen molar-refractivity contribution in [3.8, 4) is 5.75 Å². The molecule has 1 N–H and O–H groups in total. The summed E-state index contributed by atoms with van der Waals surface area (Å²) in [5, 5.41) is 13.2. The highest BCUT2D eigenvalue weighted by molar-refractivity contribution is 6.03. The Bertz CT molecular complexity index is 918. The van der Waals surface area contributed by atoms with Gasteiger partial charge < -0.3 is 15.0 Å². The van der Waals surface area contributed by atoms with E-state index in [1.165, 1.54) is 12.0 Å². The van der Waals surface area contributed by atoms with Crippen LogP contribution in [0.4, 0.5) is 21.5 Å². The summed E-state index contributed by atoms with van der Waals surface area (Å²) in [5.74, 6) is -1.74. The lowest BCUT2D eigenvalue weighted by molar-refractivity contribution is -0.384. The van der Waals surface area contributed by atoms with Gasteiger partial charge in [-0.3, -0.25) is 19.7 Å². The third-order valence-corrected chi connectivity index (χ3v) is 4.28. The van der Waals surface area contributed by atoms with Gasteiger partial charge >= 0.3 is 0 Å². The second-order valence-electron chi connectivity index (χ2n) is 6.02. The van der Waals surface area contributed by atoms with Crippen molar-refractivity contribution >= 4 is 28.9 Å². The van der Waals surface area contributed by atoms with E-state index in [9.17, 15) is 24.1 Å². The minimum atomic E-state index is -0.789. The molecule has 9 heteroatoms. The monoisotopic (exact) mass is 373 g/mol. The average molecular weight is 373 g/mol. The number of halogens is 1. The van der Waals surface area contributed by atoms with Crippen LogP contribution in [-0.2, 0) is 9.59 Å². The lowest BCUT2D eigenvalue weighted by Crippen LogP contribution is -2.28. The number of ether oxygens (including phenoxy) is 1. The van der Waals surface area contributed by atoms with Crippen molar-refractivity contribution in [2.45, 2.75) is 6.42 Å². The summed E-state index contributed by atoms with van der Waals surface area (Å²) < 4.78 is 19.0. The number of nitrogens with zero attached hydrogens (tertiary/aromatic N) is 2. The molecular weight excluding hydrogens is 357 g/mol. The molecule has 0 aliphatic carbocycles. The number of carbonyl (C=O) groups excluding carboxylic acids is 2.